The number of nitrogens with zero attached hydrogens (tertiary/aromatic N) is 2. The van der Waals surface area contributed by atoms with Gasteiger partial charge in [0.2, 0.25) is 0 Å². The summed E-state index contributed by atoms with van der Waals surface area (Å²) in [6.45, 7) is 3.90. The van der Waals surface area contributed by atoms with E-state index in [1.165, 1.54) is 17.4 Å². The molecule has 1 heterocycles. The highest BCUT2D eigenvalue weighted by Gasteiger charge is 2.15. The van der Waals surface area contributed by atoms with Crippen molar-refractivity contribution in [1.29, 1.82) is 0 Å². The van der Waals surface area contributed by atoms with Crippen LogP contribution in [0, 0.1) is 24.0 Å². The van der Waals surface area contributed by atoms with Gasteiger partial charge in [0.15, 0.2) is 0 Å². The number of nitro groups is 1. The fourth-order valence-electron chi connectivity index (χ4n) is 2.34. The van der Waals surface area contributed by atoms with E-state index in [0.29, 0.717) is 16.3 Å². The van der Waals surface area contributed by atoms with Crippen LogP contribution in [0.25, 0.3) is 0 Å². The number of hydrogen-bond acceptors (Lipinski definition) is 6. The molecule has 27 heavy (non-hydrogen) atoms. The molecule has 3 rings (SSSR count). The summed E-state index contributed by atoms with van der Waals surface area (Å²) in [5.41, 5.74) is 2.22. The van der Waals surface area contributed by atoms with Crippen LogP contribution in [-0.2, 0) is 6.61 Å². The van der Waals surface area contributed by atoms with Crippen molar-refractivity contribution in [1.82, 2.24) is 4.98 Å². The van der Waals surface area contributed by atoms with Crippen molar-refractivity contribution in [3.05, 3.63) is 79.8 Å². The fourth-order valence-corrected chi connectivity index (χ4v) is 3.03. The highest BCUT2D eigenvalue weighted by atomic mass is 32.1. The predicted octanol–water partition coefficient (Wildman–Crippen LogP) is 4.50. The Kier molecular flexibility index (Phi) is 5.46. The normalized spacial score (nSPS) is 10.4. The number of thiazole rings is 1. The van der Waals surface area contributed by atoms with E-state index in [-0.39, 0.29) is 18.0 Å². The number of aromatic nitrogens is 1. The summed E-state index contributed by atoms with van der Waals surface area (Å²) < 4.78 is 5.65. The largest absolute Gasteiger partial charge is 0.486 e. The van der Waals surface area contributed by atoms with Crippen molar-refractivity contribution < 1.29 is 14.5 Å². The number of amides is 1. The SMILES string of the molecule is Cc1ccc(OCc2nc(C(=O)Nc3ccc(C)c([N+](=O)[O-])c3)cs2)cc1. The van der Waals surface area contributed by atoms with Gasteiger partial charge in [-0.1, -0.05) is 23.8 Å². The first kappa shape index (κ1) is 18.5. The van der Waals surface area contributed by atoms with Gasteiger partial charge in [-0.15, -0.1) is 11.3 Å². The molecule has 0 spiro atoms. The summed E-state index contributed by atoms with van der Waals surface area (Å²) in [4.78, 5) is 27.1. The highest BCUT2D eigenvalue weighted by molar-refractivity contribution is 7.09. The molecular formula is C19H17N3O4S. The van der Waals surface area contributed by atoms with Crippen molar-refractivity contribution in [3.8, 4) is 5.75 Å². The van der Waals surface area contributed by atoms with Gasteiger partial charge in [-0.2, -0.15) is 0 Å². The van der Waals surface area contributed by atoms with Gasteiger partial charge in [0.05, 0.1) is 4.92 Å². The van der Waals surface area contributed by atoms with E-state index in [0.717, 1.165) is 11.3 Å². The summed E-state index contributed by atoms with van der Waals surface area (Å²) in [7, 11) is 0. The molecule has 3 aromatic rings. The smallest absolute Gasteiger partial charge is 0.275 e. The number of benzene rings is 2. The zero-order valence-electron chi connectivity index (χ0n) is 14.8. The zero-order valence-corrected chi connectivity index (χ0v) is 15.6. The third-order valence-corrected chi connectivity index (χ3v) is 4.65. The van der Waals surface area contributed by atoms with Crippen LogP contribution < -0.4 is 10.1 Å². The molecule has 0 saturated carbocycles. The molecule has 2 aromatic carbocycles. The fraction of sp³-hybridized carbons (Fsp3) is 0.158. The van der Waals surface area contributed by atoms with Crippen LogP contribution in [0.5, 0.6) is 5.75 Å². The molecule has 0 atom stereocenters. The van der Waals surface area contributed by atoms with Crippen molar-refractivity contribution >= 4 is 28.6 Å². The second-order valence-electron chi connectivity index (χ2n) is 5.94. The van der Waals surface area contributed by atoms with Crippen molar-refractivity contribution in [2.45, 2.75) is 20.5 Å². The van der Waals surface area contributed by atoms with E-state index >= 15 is 0 Å². The molecule has 0 saturated heterocycles. The third kappa shape index (κ3) is 4.68. The number of rotatable bonds is 6. The molecule has 7 nitrogen and oxygen atoms in total. The van der Waals surface area contributed by atoms with Crippen molar-refractivity contribution in [2.24, 2.45) is 0 Å². The second-order valence-corrected chi connectivity index (χ2v) is 6.88. The van der Waals surface area contributed by atoms with E-state index in [4.69, 9.17) is 4.74 Å². The first-order valence-electron chi connectivity index (χ1n) is 8.12. The Morgan fingerprint density at radius 1 is 1.22 bits per heavy atom. The summed E-state index contributed by atoms with van der Waals surface area (Å²) in [5, 5.41) is 15.9. The number of carbonyl (C=O) groups excluding carboxylic acids is 1. The van der Waals surface area contributed by atoms with Crippen LogP contribution in [0.1, 0.15) is 26.6 Å². The molecule has 1 amide bonds. The van der Waals surface area contributed by atoms with E-state index < -0.39 is 10.8 Å². The number of ether oxygens (including phenoxy) is 1. The van der Waals surface area contributed by atoms with Gasteiger partial charge in [-0.3, -0.25) is 14.9 Å². The molecule has 0 radical (unpaired) electrons. The van der Waals surface area contributed by atoms with Gasteiger partial charge in [0.1, 0.15) is 23.1 Å². The van der Waals surface area contributed by atoms with E-state index in [9.17, 15) is 14.9 Å². The minimum Gasteiger partial charge on any atom is -0.486 e. The molecule has 0 aliphatic rings. The van der Waals surface area contributed by atoms with Crippen LogP contribution in [-0.4, -0.2) is 15.8 Å². The van der Waals surface area contributed by atoms with Gasteiger partial charge >= 0.3 is 0 Å². The Balaban J connectivity index is 1.63. The van der Waals surface area contributed by atoms with Crippen molar-refractivity contribution in [2.75, 3.05) is 5.32 Å². The Morgan fingerprint density at radius 3 is 2.67 bits per heavy atom. The highest BCUT2D eigenvalue weighted by Crippen LogP contribution is 2.23. The average molecular weight is 383 g/mol. The molecule has 0 aliphatic heterocycles. The topological polar surface area (TPSA) is 94.4 Å². The summed E-state index contributed by atoms with van der Waals surface area (Å²) in [5.74, 6) is 0.305. The number of carbonyl (C=O) groups is 1. The Labute approximate surface area is 159 Å². The lowest BCUT2D eigenvalue weighted by Crippen LogP contribution is -2.13. The van der Waals surface area contributed by atoms with Crippen LogP contribution >= 0.6 is 11.3 Å². The van der Waals surface area contributed by atoms with E-state index in [1.54, 1.807) is 24.4 Å². The minimum absolute atomic E-state index is 0.0433. The first-order chi connectivity index (χ1) is 12.9. The van der Waals surface area contributed by atoms with Crippen molar-refractivity contribution in [3.63, 3.8) is 0 Å². The third-order valence-electron chi connectivity index (χ3n) is 3.83. The number of anilines is 1. The maximum absolute atomic E-state index is 12.3. The summed E-state index contributed by atoms with van der Waals surface area (Å²) >= 11 is 1.32. The lowest BCUT2D eigenvalue weighted by atomic mass is 10.2. The lowest BCUT2D eigenvalue weighted by Gasteiger charge is -2.05. The Hall–Kier alpha value is -3.26. The molecule has 0 bridgehead atoms. The maximum Gasteiger partial charge on any atom is 0.275 e. The molecule has 0 unspecified atom stereocenters. The van der Waals surface area contributed by atoms with Gasteiger partial charge in [0, 0.05) is 22.7 Å². The maximum atomic E-state index is 12.3. The average Bonchev–Trinajstić information content (AvgIpc) is 3.12. The van der Waals surface area contributed by atoms with Crippen LogP contribution in [0.15, 0.2) is 47.8 Å². The lowest BCUT2D eigenvalue weighted by molar-refractivity contribution is -0.385. The molecule has 1 N–H and O–H groups in total. The number of nitro benzene ring substituents is 1. The van der Waals surface area contributed by atoms with Crippen LogP contribution in [0.4, 0.5) is 11.4 Å². The van der Waals surface area contributed by atoms with Gasteiger partial charge in [-0.25, -0.2) is 4.98 Å². The molecule has 1 aromatic heterocycles. The summed E-state index contributed by atoms with van der Waals surface area (Å²) in [6, 6.07) is 12.2. The Morgan fingerprint density at radius 2 is 1.96 bits per heavy atom. The van der Waals surface area contributed by atoms with Crippen LogP contribution in [0.2, 0.25) is 0 Å². The van der Waals surface area contributed by atoms with E-state index in [1.807, 2.05) is 31.2 Å². The van der Waals surface area contributed by atoms with E-state index in [2.05, 4.69) is 10.3 Å². The number of aryl methyl sites for hydroxylation is 2. The standard InChI is InChI=1S/C19H17N3O4S/c1-12-3-7-15(8-4-12)26-10-18-21-16(11-27-18)19(23)20-14-6-5-13(2)17(9-14)22(24)25/h3-9,11H,10H2,1-2H3,(H,20,23). The van der Waals surface area contributed by atoms with Gasteiger partial charge in [0.25, 0.3) is 11.6 Å². The van der Waals surface area contributed by atoms with Crippen LogP contribution in [0.3, 0.4) is 0 Å². The molecule has 0 aliphatic carbocycles. The Bertz CT molecular complexity index is 983. The number of hydrogen-bond donors (Lipinski definition) is 1. The molecule has 0 fully saturated rings. The van der Waals surface area contributed by atoms with Gasteiger partial charge in [-0.05, 0) is 32.0 Å². The molecule has 8 heteroatoms. The van der Waals surface area contributed by atoms with Gasteiger partial charge < -0.3 is 10.1 Å². The quantitative estimate of drug-likeness (QED) is 0.499. The first-order valence-corrected chi connectivity index (χ1v) is 9.00. The monoisotopic (exact) mass is 383 g/mol. The molecular weight excluding hydrogens is 366 g/mol. The second kappa shape index (κ2) is 7.96. The summed E-state index contributed by atoms with van der Waals surface area (Å²) in [6.07, 6.45) is 0. The number of nitrogens with one attached hydrogen (secondary N) is 1. The predicted molar refractivity (Wildman–Crippen MR) is 103 cm³/mol. The minimum atomic E-state index is -0.478. The molecule has 138 valence electrons. The zero-order chi connectivity index (χ0) is 19.4.